The van der Waals surface area contributed by atoms with Gasteiger partial charge in [0.25, 0.3) is 12.0 Å². The van der Waals surface area contributed by atoms with Crippen molar-refractivity contribution in [3.8, 4) is 0 Å². The van der Waals surface area contributed by atoms with Crippen molar-refractivity contribution in [3.05, 3.63) is 69.5 Å². The van der Waals surface area contributed by atoms with Gasteiger partial charge in [-0.1, -0.05) is 30.1 Å². The molecule has 34 heavy (non-hydrogen) atoms. The van der Waals surface area contributed by atoms with Crippen molar-refractivity contribution in [1.29, 1.82) is 0 Å². The molecule has 1 aromatic carbocycles. The number of rotatable bonds is 5. The summed E-state index contributed by atoms with van der Waals surface area (Å²) in [6.07, 6.45) is 1.12. The van der Waals surface area contributed by atoms with E-state index in [1.165, 1.54) is 23.0 Å². The van der Waals surface area contributed by atoms with Gasteiger partial charge in [0, 0.05) is 36.7 Å². The molecular formula is C24H26F3N5OS. The van der Waals surface area contributed by atoms with Gasteiger partial charge in [0.1, 0.15) is 23.6 Å². The van der Waals surface area contributed by atoms with Gasteiger partial charge in [0.2, 0.25) is 0 Å². The molecule has 0 saturated heterocycles. The molecular weight excluding hydrogens is 463 g/mol. The first-order chi connectivity index (χ1) is 16.1. The van der Waals surface area contributed by atoms with Gasteiger partial charge >= 0.3 is 0 Å². The van der Waals surface area contributed by atoms with Crippen LogP contribution >= 0.6 is 0 Å². The standard InChI is InChI=1S/C24H26F3N5OS/c1-14(16-6-5-7-17(20(16)25)21(26)27)31-22-19-12-18(15-8-10-34(4,28-2)11-9-15)24(33)32(3)23(19)30-13-29-22/h5-8,12-14,21H,4,9-11H2,1-3H3,(H,29,30,31)/t14-,34?/m1/s1. The van der Waals surface area contributed by atoms with Crippen LogP contribution in [0, 0.1) is 5.82 Å². The van der Waals surface area contributed by atoms with E-state index in [1.54, 1.807) is 27.1 Å². The largest absolute Gasteiger partial charge is 0.363 e. The van der Waals surface area contributed by atoms with E-state index in [-0.39, 0.29) is 11.1 Å². The van der Waals surface area contributed by atoms with Crippen LogP contribution in [-0.2, 0) is 16.5 Å². The number of hydrogen-bond acceptors (Lipinski definition) is 5. The van der Waals surface area contributed by atoms with Gasteiger partial charge in [-0.2, -0.15) is 0 Å². The van der Waals surface area contributed by atoms with E-state index in [2.05, 4.69) is 25.5 Å². The Morgan fingerprint density at radius 3 is 2.65 bits per heavy atom. The quantitative estimate of drug-likeness (QED) is 0.525. The molecule has 6 nitrogen and oxygen atoms in total. The van der Waals surface area contributed by atoms with Gasteiger partial charge in [-0.3, -0.25) is 13.7 Å². The number of nitrogens with zero attached hydrogens (tertiary/aromatic N) is 4. The first kappa shape index (κ1) is 24.0. The van der Waals surface area contributed by atoms with Gasteiger partial charge in [-0.25, -0.2) is 23.1 Å². The van der Waals surface area contributed by atoms with Crippen LogP contribution in [0.5, 0.6) is 0 Å². The van der Waals surface area contributed by atoms with Gasteiger partial charge in [0.15, 0.2) is 0 Å². The molecule has 1 N–H and O–H groups in total. The topological polar surface area (TPSA) is 72.2 Å². The van der Waals surface area contributed by atoms with Crippen LogP contribution in [0.2, 0.25) is 0 Å². The number of aryl methyl sites for hydroxylation is 1. The monoisotopic (exact) mass is 489 g/mol. The first-order valence-electron chi connectivity index (χ1n) is 10.7. The number of anilines is 1. The summed E-state index contributed by atoms with van der Waals surface area (Å²) >= 11 is 0. The Balaban J connectivity index is 1.78. The van der Waals surface area contributed by atoms with E-state index in [0.29, 0.717) is 34.6 Å². The number of allylic oxidation sites excluding steroid dienone is 1. The van der Waals surface area contributed by atoms with E-state index in [1.807, 2.05) is 6.08 Å². The van der Waals surface area contributed by atoms with Crippen LogP contribution < -0.4 is 10.9 Å². The van der Waals surface area contributed by atoms with Crippen LogP contribution in [0.15, 0.2) is 45.8 Å². The lowest BCUT2D eigenvalue weighted by Gasteiger charge is -2.22. The third-order valence-corrected chi connectivity index (χ3v) is 8.77. The van der Waals surface area contributed by atoms with Crippen LogP contribution in [-0.4, -0.2) is 39.0 Å². The molecule has 2 atom stereocenters. The van der Waals surface area contributed by atoms with E-state index >= 15 is 0 Å². The molecule has 3 aromatic rings. The summed E-state index contributed by atoms with van der Waals surface area (Å²) in [4.78, 5) is 21.7. The predicted octanol–water partition coefficient (Wildman–Crippen LogP) is 4.76. The number of benzene rings is 1. The fourth-order valence-electron chi connectivity index (χ4n) is 4.12. The summed E-state index contributed by atoms with van der Waals surface area (Å²) in [5.74, 6) is 5.21. The second-order valence-electron chi connectivity index (χ2n) is 8.33. The first-order valence-corrected chi connectivity index (χ1v) is 12.8. The maximum Gasteiger partial charge on any atom is 0.266 e. The number of halogens is 3. The zero-order valence-corrected chi connectivity index (χ0v) is 20.0. The van der Waals surface area contributed by atoms with E-state index in [4.69, 9.17) is 0 Å². The molecule has 1 aliphatic rings. The second kappa shape index (κ2) is 9.25. The lowest BCUT2D eigenvalue weighted by molar-refractivity contribution is 0.146. The van der Waals surface area contributed by atoms with Gasteiger partial charge in [0.05, 0.1) is 17.0 Å². The number of pyridine rings is 1. The van der Waals surface area contributed by atoms with Crippen molar-refractivity contribution in [2.45, 2.75) is 25.8 Å². The summed E-state index contributed by atoms with van der Waals surface area (Å²) in [7, 11) is 2.14. The summed E-state index contributed by atoms with van der Waals surface area (Å²) in [6.45, 7) is 1.67. The van der Waals surface area contributed by atoms with Crippen LogP contribution in [0.4, 0.5) is 19.0 Å². The minimum Gasteiger partial charge on any atom is -0.363 e. The Hall–Kier alpha value is -3.14. The highest BCUT2D eigenvalue weighted by Gasteiger charge is 2.22. The Bertz CT molecular complexity index is 1470. The third-order valence-electron chi connectivity index (χ3n) is 6.24. The Morgan fingerprint density at radius 2 is 2.00 bits per heavy atom. The fourth-order valence-corrected chi connectivity index (χ4v) is 5.73. The van der Waals surface area contributed by atoms with Crippen LogP contribution in [0.25, 0.3) is 16.6 Å². The highest BCUT2D eigenvalue weighted by molar-refractivity contribution is 8.02. The maximum atomic E-state index is 14.7. The number of hydrogen-bond donors (Lipinski definition) is 1. The predicted molar refractivity (Wildman–Crippen MR) is 133 cm³/mol. The average Bonchev–Trinajstić information content (AvgIpc) is 2.82. The summed E-state index contributed by atoms with van der Waals surface area (Å²) in [5, 5.41) is 3.70. The minimum atomic E-state index is -2.91. The maximum absolute atomic E-state index is 14.7. The van der Waals surface area contributed by atoms with Crippen molar-refractivity contribution < 1.29 is 13.2 Å². The third kappa shape index (κ3) is 4.34. The van der Waals surface area contributed by atoms with Crippen molar-refractivity contribution in [1.82, 2.24) is 14.5 Å². The number of alkyl halides is 2. The highest BCUT2D eigenvalue weighted by atomic mass is 32.2. The summed E-state index contributed by atoms with van der Waals surface area (Å²) in [5.41, 5.74) is 1.17. The molecule has 0 amide bonds. The lowest BCUT2D eigenvalue weighted by atomic mass is 10.0. The molecule has 10 heteroatoms. The molecule has 0 aliphatic carbocycles. The average molecular weight is 490 g/mol. The molecule has 0 spiro atoms. The van der Waals surface area contributed by atoms with Crippen LogP contribution in [0.1, 0.15) is 42.5 Å². The van der Waals surface area contributed by atoms with Gasteiger partial charge < -0.3 is 5.32 Å². The van der Waals surface area contributed by atoms with E-state index < -0.39 is 33.3 Å². The molecule has 180 valence electrons. The smallest absolute Gasteiger partial charge is 0.266 e. The van der Waals surface area contributed by atoms with Crippen molar-refractivity contribution in [2.24, 2.45) is 11.4 Å². The zero-order valence-electron chi connectivity index (χ0n) is 19.2. The normalized spacial score (nSPS) is 19.2. The van der Waals surface area contributed by atoms with Crippen LogP contribution in [0.3, 0.4) is 0 Å². The number of nitrogens with one attached hydrogen (secondary N) is 1. The molecule has 0 saturated carbocycles. The Labute approximate surface area is 196 Å². The molecule has 0 fully saturated rings. The summed E-state index contributed by atoms with van der Waals surface area (Å²) < 4.78 is 46.9. The molecule has 1 aliphatic heterocycles. The summed E-state index contributed by atoms with van der Waals surface area (Å²) in [6, 6.07) is 5.03. The highest BCUT2D eigenvalue weighted by Crippen LogP contribution is 2.31. The Morgan fingerprint density at radius 1 is 1.26 bits per heavy atom. The van der Waals surface area contributed by atoms with Crippen molar-refractivity contribution in [3.63, 3.8) is 0 Å². The fraction of sp³-hybridized carbons (Fsp3) is 0.333. The van der Waals surface area contributed by atoms with Crippen molar-refractivity contribution in [2.75, 3.05) is 23.9 Å². The van der Waals surface area contributed by atoms with E-state index in [9.17, 15) is 18.0 Å². The van der Waals surface area contributed by atoms with Gasteiger partial charge in [-0.05, 0) is 25.0 Å². The van der Waals surface area contributed by atoms with Crippen molar-refractivity contribution >= 4 is 37.7 Å². The molecule has 3 heterocycles. The molecule has 4 rings (SSSR count). The number of aromatic nitrogens is 3. The SMILES string of the molecule is C=S1(=NC)CC=C(c2cc3c(N[C@H](C)c4cccc(C(F)F)c4F)ncnc3n(C)c2=O)CC1. The minimum absolute atomic E-state index is 0.0997. The molecule has 2 aromatic heterocycles. The van der Waals surface area contributed by atoms with E-state index in [0.717, 1.165) is 17.4 Å². The molecule has 0 radical (unpaired) electrons. The lowest BCUT2D eigenvalue weighted by Crippen LogP contribution is -2.24. The number of fused-ring (bicyclic) bond motifs is 1. The second-order valence-corrected chi connectivity index (χ2v) is 11.4. The Kier molecular flexibility index (Phi) is 6.53. The molecule has 1 unspecified atom stereocenters. The zero-order chi connectivity index (χ0) is 24.6. The van der Waals surface area contributed by atoms with Gasteiger partial charge in [-0.15, -0.1) is 9.41 Å². The molecule has 0 bridgehead atoms.